The first-order valence-electron chi connectivity index (χ1n) is 7.24. The number of pyridine rings is 1. The van der Waals surface area contributed by atoms with Crippen molar-refractivity contribution < 1.29 is 9.21 Å². The van der Waals surface area contributed by atoms with E-state index in [4.69, 9.17) is 4.42 Å². The van der Waals surface area contributed by atoms with E-state index in [0.29, 0.717) is 11.5 Å². The van der Waals surface area contributed by atoms with Gasteiger partial charge >= 0.3 is 0 Å². The third kappa shape index (κ3) is 3.60. The molecule has 2 N–H and O–H groups in total. The van der Waals surface area contributed by atoms with Gasteiger partial charge in [-0.25, -0.2) is 0 Å². The topological polar surface area (TPSA) is 75.1 Å². The van der Waals surface area contributed by atoms with Gasteiger partial charge in [0.25, 0.3) is 11.5 Å². The second-order valence-electron chi connectivity index (χ2n) is 5.25. The Bertz CT molecular complexity index is 835. The molecule has 3 rings (SSSR count). The Morgan fingerprint density at radius 2 is 2.17 bits per heavy atom. The van der Waals surface area contributed by atoms with Gasteiger partial charge < -0.3 is 14.7 Å². The number of aromatic amines is 1. The highest BCUT2D eigenvalue weighted by Crippen LogP contribution is 2.16. The summed E-state index contributed by atoms with van der Waals surface area (Å²) < 4.78 is 5.23. The second-order valence-corrected chi connectivity index (χ2v) is 6.28. The molecule has 0 saturated heterocycles. The highest BCUT2D eigenvalue weighted by atomic mass is 32.1. The summed E-state index contributed by atoms with van der Waals surface area (Å²) in [5.41, 5.74) is 0.209. The number of H-pyrrole nitrogens is 1. The molecule has 1 unspecified atom stereocenters. The minimum Gasteiger partial charge on any atom is -0.463 e. The van der Waals surface area contributed by atoms with Crippen LogP contribution in [0.4, 0.5) is 0 Å². The number of carbonyl (C=O) groups excluding carboxylic acids is 1. The molecular formula is C17H16N2O3S. The van der Waals surface area contributed by atoms with Crippen LogP contribution >= 0.6 is 11.3 Å². The lowest BCUT2D eigenvalue weighted by Crippen LogP contribution is -2.36. The highest BCUT2D eigenvalue weighted by molar-refractivity contribution is 7.09. The Morgan fingerprint density at radius 3 is 2.83 bits per heavy atom. The minimum atomic E-state index is -0.431. The molecule has 6 heteroatoms. The second kappa shape index (κ2) is 6.66. The third-order valence-corrected chi connectivity index (χ3v) is 4.30. The van der Waals surface area contributed by atoms with Crippen LogP contribution in [0.2, 0.25) is 0 Å². The minimum absolute atomic E-state index is 0.0506. The van der Waals surface area contributed by atoms with Crippen molar-refractivity contribution in [2.24, 2.45) is 0 Å². The zero-order valence-corrected chi connectivity index (χ0v) is 13.4. The maximum atomic E-state index is 12.3. The van der Waals surface area contributed by atoms with Crippen LogP contribution in [0.15, 0.2) is 57.3 Å². The quantitative estimate of drug-likeness (QED) is 0.756. The van der Waals surface area contributed by atoms with Crippen LogP contribution in [0.3, 0.4) is 0 Å². The zero-order valence-electron chi connectivity index (χ0n) is 12.5. The summed E-state index contributed by atoms with van der Waals surface area (Å²) in [5, 5.41) is 4.86. The smallest absolute Gasteiger partial charge is 0.261 e. The number of nitrogens with one attached hydrogen (secondary N) is 2. The molecular weight excluding hydrogens is 312 g/mol. The van der Waals surface area contributed by atoms with Gasteiger partial charge in [-0.1, -0.05) is 6.07 Å². The lowest BCUT2D eigenvalue weighted by molar-refractivity contribution is 0.0938. The molecule has 1 atom stereocenters. The molecule has 0 fully saturated rings. The van der Waals surface area contributed by atoms with Gasteiger partial charge in [0.15, 0.2) is 0 Å². The number of furan rings is 1. The summed E-state index contributed by atoms with van der Waals surface area (Å²) in [4.78, 5) is 28.2. The average Bonchev–Trinajstić information content (AvgIpc) is 3.19. The number of hydrogen-bond acceptors (Lipinski definition) is 4. The van der Waals surface area contributed by atoms with Crippen molar-refractivity contribution in [3.8, 4) is 11.5 Å². The lowest BCUT2D eigenvalue weighted by Gasteiger charge is -2.12. The number of carbonyl (C=O) groups is 1. The largest absolute Gasteiger partial charge is 0.463 e. The van der Waals surface area contributed by atoms with Gasteiger partial charge in [0.1, 0.15) is 11.3 Å². The fourth-order valence-electron chi connectivity index (χ4n) is 2.31. The Morgan fingerprint density at radius 1 is 1.30 bits per heavy atom. The van der Waals surface area contributed by atoms with Crippen molar-refractivity contribution in [3.05, 3.63) is 68.8 Å². The van der Waals surface area contributed by atoms with Gasteiger partial charge in [-0.05, 0) is 42.6 Å². The highest BCUT2D eigenvalue weighted by Gasteiger charge is 2.15. The normalized spacial score (nSPS) is 12.0. The van der Waals surface area contributed by atoms with E-state index >= 15 is 0 Å². The molecule has 3 aromatic heterocycles. The standard InChI is InChI=1S/C17H16N2O3S/c1-11(10-12-4-3-9-23-12)18-16(20)13-6-7-14(19-17(13)21)15-5-2-8-22-15/h2-9,11H,10H2,1H3,(H,18,20)(H,19,21). The Kier molecular flexibility index (Phi) is 4.43. The molecule has 0 saturated carbocycles. The molecule has 1 amide bonds. The van der Waals surface area contributed by atoms with E-state index in [1.165, 1.54) is 17.2 Å². The van der Waals surface area contributed by atoms with Crippen LogP contribution in [-0.2, 0) is 6.42 Å². The zero-order chi connectivity index (χ0) is 16.2. The van der Waals surface area contributed by atoms with E-state index in [0.717, 1.165) is 6.42 Å². The van der Waals surface area contributed by atoms with Crippen LogP contribution in [0.5, 0.6) is 0 Å². The van der Waals surface area contributed by atoms with Gasteiger partial charge in [-0.15, -0.1) is 11.3 Å². The van der Waals surface area contributed by atoms with Crippen molar-refractivity contribution in [1.82, 2.24) is 10.3 Å². The first-order valence-corrected chi connectivity index (χ1v) is 8.12. The number of hydrogen-bond donors (Lipinski definition) is 2. The predicted molar refractivity (Wildman–Crippen MR) is 89.7 cm³/mol. The van der Waals surface area contributed by atoms with Crippen molar-refractivity contribution in [2.45, 2.75) is 19.4 Å². The number of rotatable bonds is 5. The summed E-state index contributed by atoms with van der Waals surface area (Å²) in [6.45, 7) is 1.92. The molecule has 0 spiro atoms. The van der Waals surface area contributed by atoms with Gasteiger partial charge in [0, 0.05) is 17.3 Å². The van der Waals surface area contributed by atoms with Crippen LogP contribution in [0.25, 0.3) is 11.5 Å². The molecule has 3 heterocycles. The van der Waals surface area contributed by atoms with Crippen LogP contribution in [-0.4, -0.2) is 16.9 Å². The third-order valence-electron chi connectivity index (χ3n) is 3.41. The molecule has 0 aliphatic rings. The Balaban J connectivity index is 1.71. The molecule has 0 aliphatic carbocycles. The first kappa shape index (κ1) is 15.3. The van der Waals surface area contributed by atoms with E-state index in [-0.39, 0.29) is 17.5 Å². The Hall–Kier alpha value is -2.60. The van der Waals surface area contributed by atoms with Gasteiger partial charge in [-0.2, -0.15) is 0 Å². The van der Waals surface area contributed by atoms with Crippen LogP contribution in [0.1, 0.15) is 22.2 Å². The molecule has 23 heavy (non-hydrogen) atoms. The van der Waals surface area contributed by atoms with Crippen molar-refractivity contribution in [3.63, 3.8) is 0 Å². The van der Waals surface area contributed by atoms with Crippen LogP contribution in [0, 0.1) is 0 Å². The van der Waals surface area contributed by atoms with Gasteiger partial charge in [-0.3, -0.25) is 9.59 Å². The van der Waals surface area contributed by atoms with Gasteiger partial charge in [0.2, 0.25) is 0 Å². The Labute approximate surface area is 137 Å². The SMILES string of the molecule is CC(Cc1cccs1)NC(=O)c1ccc(-c2ccco2)[nH]c1=O. The average molecular weight is 328 g/mol. The van der Waals surface area contributed by atoms with E-state index in [1.54, 1.807) is 29.5 Å². The maximum absolute atomic E-state index is 12.3. The summed E-state index contributed by atoms with van der Waals surface area (Å²) in [5.74, 6) is 0.182. The lowest BCUT2D eigenvalue weighted by atomic mass is 10.1. The van der Waals surface area contributed by atoms with E-state index in [2.05, 4.69) is 10.3 Å². The maximum Gasteiger partial charge on any atom is 0.261 e. The fourth-order valence-corrected chi connectivity index (χ4v) is 3.15. The van der Waals surface area contributed by atoms with Crippen molar-refractivity contribution in [1.29, 1.82) is 0 Å². The predicted octanol–water partition coefficient (Wildman–Crippen LogP) is 3.06. The fraction of sp³-hybridized carbons (Fsp3) is 0.176. The van der Waals surface area contributed by atoms with E-state index in [9.17, 15) is 9.59 Å². The van der Waals surface area contributed by atoms with Gasteiger partial charge in [0.05, 0.1) is 12.0 Å². The summed E-state index contributed by atoms with van der Waals surface area (Å²) in [6.07, 6.45) is 2.27. The summed E-state index contributed by atoms with van der Waals surface area (Å²) in [7, 11) is 0. The monoisotopic (exact) mass is 328 g/mol. The summed E-state index contributed by atoms with van der Waals surface area (Å²) in [6, 6.07) is 10.6. The van der Waals surface area contributed by atoms with E-state index in [1.807, 2.05) is 24.4 Å². The van der Waals surface area contributed by atoms with Crippen molar-refractivity contribution in [2.75, 3.05) is 0 Å². The molecule has 0 bridgehead atoms. The summed E-state index contributed by atoms with van der Waals surface area (Å²) >= 11 is 1.65. The first-order chi connectivity index (χ1) is 11.1. The van der Waals surface area contributed by atoms with Crippen LogP contribution < -0.4 is 10.9 Å². The molecule has 0 radical (unpaired) electrons. The number of thiophene rings is 1. The molecule has 5 nitrogen and oxygen atoms in total. The van der Waals surface area contributed by atoms with E-state index < -0.39 is 5.56 Å². The molecule has 3 aromatic rings. The molecule has 118 valence electrons. The van der Waals surface area contributed by atoms with Crippen molar-refractivity contribution >= 4 is 17.2 Å². The number of amides is 1. The molecule has 0 aromatic carbocycles. The molecule has 0 aliphatic heterocycles. The number of aromatic nitrogens is 1.